The van der Waals surface area contributed by atoms with Crippen molar-refractivity contribution in [3.8, 4) is 16.3 Å². The largest absolute Gasteiger partial charge is 0.494 e. The van der Waals surface area contributed by atoms with Gasteiger partial charge in [0.05, 0.1) is 17.7 Å². The molecule has 0 aromatic carbocycles. The molecule has 0 aliphatic carbocycles. The zero-order chi connectivity index (χ0) is 13.1. The predicted octanol–water partition coefficient (Wildman–Crippen LogP) is 1.43. The molecule has 4 N–H and O–H groups in total. The van der Waals surface area contributed by atoms with Gasteiger partial charge in [0, 0.05) is 6.20 Å². The van der Waals surface area contributed by atoms with Gasteiger partial charge in [0.25, 0.3) is 0 Å². The van der Waals surface area contributed by atoms with E-state index in [4.69, 9.17) is 16.2 Å². The van der Waals surface area contributed by atoms with Crippen LogP contribution in [-0.4, -0.2) is 23.0 Å². The van der Waals surface area contributed by atoms with Crippen LogP contribution in [0.1, 0.15) is 5.69 Å². The summed E-state index contributed by atoms with van der Waals surface area (Å²) in [5.41, 5.74) is 12.2. The van der Waals surface area contributed by atoms with Gasteiger partial charge in [0.1, 0.15) is 11.4 Å². The predicted molar refractivity (Wildman–Crippen MR) is 72.1 cm³/mol. The van der Waals surface area contributed by atoms with E-state index in [0.717, 1.165) is 16.3 Å². The first-order valence-electron chi connectivity index (χ1n) is 5.18. The highest BCUT2D eigenvalue weighted by atomic mass is 32.1. The first kappa shape index (κ1) is 12.3. The van der Waals surface area contributed by atoms with Crippen LogP contribution in [0, 0.1) is 6.92 Å². The van der Waals surface area contributed by atoms with Crippen molar-refractivity contribution < 1.29 is 4.74 Å². The number of methoxy groups -OCH3 is 1. The molecule has 0 saturated heterocycles. The minimum atomic E-state index is -0.0108. The summed E-state index contributed by atoms with van der Waals surface area (Å²) in [4.78, 5) is 13.4. The minimum Gasteiger partial charge on any atom is -0.494 e. The molecule has 0 radical (unpaired) electrons. The second kappa shape index (κ2) is 5.01. The van der Waals surface area contributed by atoms with Gasteiger partial charge in [-0.1, -0.05) is 11.3 Å². The number of nitrogens with zero attached hydrogens (tertiary/aromatic N) is 3. The zero-order valence-electron chi connectivity index (χ0n) is 10.0. The SMILES string of the molecule is COc1cccnc1-c1sc(N=C(N)N)nc1C. The number of aliphatic imine (C=N–C) groups is 1. The molecule has 0 spiro atoms. The molecule has 2 aromatic rings. The first-order chi connectivity index (χ1) is 8.61. The Morgan fingerprint density at radius 1 is 1.44 bits per heavy atom. The first-order valence-corrected chi connectivity index (χ1v) is 6.00. The van der Waals surface area contributed by atoms with Crippen LogP contribution in [-0.2, 0) is 0 Å². The molecular weight excluding hydrogens is 250 g/mol. The van der Waals surface area contributed by atoms with Gasteiger partial charge in [-0.15, -0.1) is 0 Å². The van der Waals surface area contributed by atoms with Crippen molar-refractivity contribution in [1.29, 1.82) is 0 Å². The van der Waals surface area contributed by atoms with Crippen molar-refractivity contribution in [3.63, 3.8) is 0 Å². The Balaban J connectivity index is 2.51. The van der Waals surface area contributed by atoms with E-state index in [-0.39, 0.29) is 5.96 Å². The standard InChI is InChI=1S/C11H13N5OS/c1-6-9(18-11(15-6)16-10(12)13)8-7(17-2)4-3-5-14-8/h3-5H,1-2H3,(H4,12,13,15,16). The molecule has 0 aliphatic heterocycles. The van der Waals surface area contributed by atoms with Crippen LogP contribution in [0.3, 0.4) is 0 Å². The monoisotopic (exact) mass is 263 g/mol. The van der Waals surface area contributed by atoms with Gasteiger partial charge in [-0.2, -0.15) is 4.99 Å². The number of aryl methyl sites for hydroxylation is 1. The van der Waals surface area contributed by atoms with Crippen LogP contribution in [0.25, 0.3) is 10.6 Å². The van der Waals surface area contributed by atoms with Crippen molar-refractivity contribution in [3.05, 3.63) is 24.0 Å². The van der Waals surface area contributed by atoms with Gasteiger partial charge in [-0.25, -0.2) is 4.98 Å². The Kier molecular flexibility index (Phi) is 3.42. The van der Waals surface area contributed by atoms with E-state index < -0.39 is 0 Å². The molecule has 0 atom stereocenters. The number of aromatic nitrogens is 2. The van der Waals surface area contributed by atoms with Gasteiger partial charge in [0.15, 0.2) is 5.96 Å². The van der Waals surface area contributed by atoms with Gasteiger partial charge in [0.2, 0.25) is 5.13 Å². The fourth-order valence-corrected chi connectivity index (χ4v) is 2.45. The average molecular weight is 263 g/mol. The summed E-state index contributed by atoms with van der Waals surface area (Å²) >= 11 is 1.37. The number of rotatable bonds is 3. The second-order valence-electron chi connectivity index (χ2n) is 3.50. The summed E-state index contributed by atoms with van der Waals surface area (Å²) in [6.07, 6.45) is 1.71. The molecule has 0 bridgehead atoms. The molecule has 6 nitrogen and oxygen atoms in total. The van der Waals surface area contributed by atoms with E-state index in [2.05, 4.69) is 15.0 Å². The lowest BCUT2D eigenvalue weighted by molar-refractivity contribution is 0.415. The molecule has 0 amide bonds. The Labute approximate surface area is 108 Å². The quantitative estimate of drug-likeness (QED) is 0.644. The van der Waals surface area contributed by atoms with E-state index in [1.165, 1.54) is 11.3 Å². The highest BCUT2D eigenvalue weighted by Gasteiger charge is 2.14. The van der Waals surface area contributed by atoms with Crippen molar-refractivity contribution >= 4 is 22.4 Å². The highest BCUT2D eigenvalue weighted by Crippen LogP contribution is 2.37. The third-order valence-electron chi connectivity index (χ3n) is 2.22. The molecule has 0 fully saturated rings. The van der Waals surface area contributed by atoms with Gasteiger partial charge >= 0.3 is 0 Å². The third-order valence-corrected chi connectivity index (χ3v) is 3.27. The number of guanidine groups is 1. The van der Waals surface area contributed by atoms with Crippen LogP contribution in [0.5, 0.6) is 5.75 Å². The molecule has 7 heteroatoms. The van der Waals surface area contributed by atoms with Crippen molar-refractivity contribution in [2.75, 3.05) is 7.11 Å². The maximum absolute atomic E-state index is 5.33. The fraction of sp³-hybridized carbons (Fsp3) is 0.182. The summed E-state index contributed by atoms with van der Waals surface area (Å²) in [5, 5.41) is 0.509. The Bertz CT molecular complexity index is 589. The summed E-state index contributed by atoms with van der Waals surface area (Å²) in [6.45, 7) is 1.88. The maximum Gasteiger partial charge on any atom is 0.213 e. The molecule has 18 heavy (non-hydrogen) atoms. The summed E-state index contributed by atoms with van der Waals surface area (Å²) in [5.74, 6) is 0.684. The van der Waals surface area contributed by atoms with Crippen LogP contribution in [0.15, 0.2) is 23.3 Å². The minimum absolute atomic E-state index is 0.0108. The summed E-state index contributed by atoms with van der Waals surface area (Å²) < 4.78 is 5.28. The molecule has 94 valence electrons. The number of nitrogens with two attached hydrogens (primary N) is 2. The van der Waals surface area contributed by atoms with Crippen LogP contribution < -0.4 is 16.2 Å². The van der Waals surface area contributed by atoms with Crippen molar-refractivity contribution in [2.24, 2.45) is 16.5 Å². The smallest absolute Gasteiger partial charge is 0.213 e. The molecule has 0 aliphatic rings. The average Bonchev–Trinajstić information content (AvgIpc) is 2.69. The van der Waals surface area contributed by atoms with E-state index in [9.17, 15) is 0 Å². The zero-order valence-corrected chi connectivity index (χ0v) is 10.9. The normalized spacial score (nSPS) is 10.1. The van der Waals surface area contributed by atoms with Gasteiger partial charge in [-0.3, -0.25) is 4.98 Å². The number of hydrogen-bond donors (Lipinski definition) is 2. The van der Waals surface area contributed by atoms with E-state index >= 15 is 0 Å². The van der Waals surface area contributed by atoms with E-state index in [0.29, 0.717) is 10.9 Å². The third kappa shape index (κ3) is 2.40. The van der Waals surface area contributed by atoms with Gasteiger partial charge in [-0.05, 0) is 19.1 Å². The molecular formula is C11H13N5OS. The second-order valence-corrected chi connectivity index (χ2v) is 4.48. The summed E-state index contributed by atoms with van der Waals surface area (Å²) in [7, 11) is 1.60. The topological polar surface area (TPSA) is 99.4 Å². The number of hydrogen-bond acceptors (Lipinski definition) is 5. The van der Waals surface area contributed by atoms with E-state index in [1.54, 1.807) is 13.3 Å². The molecule has 0 saturated carbocycles. The Hall–Kier alpha value is -2.15. The van der Waals surface area contributed by atoms with Crippen LogP contribution >= 0.6 is 11.3 Å². The van der Waals surface area contributed by atoms with E-state index in [1.807, 2.05) is 19.1 Å². The molecule has 2 rings (SSSR count). The lowest BCUT2D eigenvalue weighted by Gasteiger charge is -2.04. The number of ether oxygens (including phenoxy) is 1. The molecule has 2 heterocycles. The Morgan fingerprint density at radius 2 is 2.22 bits per heavy atom. The number of pyridine rings is 1. The fourth-order valence-electron chi connectivity index (χ4n) is 1.49. The maximum atomic E-state index is 5.33. The highest BCUT2D eigenvalue weighted by molar-refractivity contribution is 7.18. The lowest BCUT2D eigenvalue weighted by atomic mass is 10.2. The van der Waals surface area contributed by atoms with Crippen LogP contribution in [0.2, 0.25) is 0 Å². The number of thiazole rings is 1. The van der Waals surface area contributed by atoms with Crippen molar-refractivity contribution in [2.45, 2.75) is 6.92 Å². The molecule has 2 aromatic heterocycles. The lowest BCUT2D eigenvalue weighted by Crippen LogP contribution is -2.21. The van der Waals surface area contributed by atoms with Gasteiger partial charge < -0.3 is 16.2 Å². The molecule has 0 unspecified atom stereocenters. The summed E-state index contributed by atoms with van der Waals surface area (Å²) in [6, 6.07) is 3.66. The van der Waals surface area contributed by atoms with Crippen molar-refractivity contribution in [1.82, 2.24) is 9.97 Å². The Morgan fingerprint density at radius 3 is 2.89 bits per heavy atom. The van der Waals surface area contributed by atoms with Crippen LogP contribution in [0.4, 0.5) is 5.13 Å².